The lowest BCUT2D eigenvalue weighted by Crippen LogP contribution is -1.97. The predicted molar refractivity (Wildman–Crippen MR) is 80.4 cm³/mol. The molecule has 0 saturated heterocycles. The van der Waals surface area contributed by atoms with Crippen molar-refractivity contribution in [3.05, 3.63) is 72.0 Å². The molecule has 3 aromatic rings. The zero-order valence-corrected chi connectivity index (χ0v) is 10.7. The van der Waals surface area contributed by atoms with Crippen LogP contribution < -0.4 is 5.73 Å². The van der Waals surface area contributed by atoms with Crippen LogP contribution in [0.5, 0.6) is 0 Å². The van der Waals surface area contributed by atoms with Gasteiger partial charge in [-0.05, 0) is 23.8 Å². The molecular formula is C17H13NO2. The number of furan rings is 1. The van der Waals surface area contributed by atoms with E-state index in [4.69, 9.17) is 10.2 Å². The van der Waals surface area contributed by atoms with Crippen LogP contribution in [0.15, 0.2) is 65.1 Å². The monoisotopic (exact) mass is 263 g/mol. The van der Waals surface area contributed by atoms with Gasteiger partial charge in [-0.2, -0.15) is 0 Å². The van der Waals surface area contributed by atoms with Crippen molar-refractivity contribution in [3.8, 4) is 0 Å². The van der Waals surface area contributed by atoms with Crippen LogP contribution in [0, 0.1) is 0 Å². The summed E-state index contributed by atoms with van der Waals surface area (Å²) < 4.78 is 5.52. The zero-order chi connectivity index (χ0) is 13.9. The summed E-state index contributed by atoms with van der Waals surface area (Å²) in [5.41, 5.74) is 7.93. The highest BCUT2D eigenvalue weighted by Gasteiger charge is 2.15. The highest BCUT2D eigenvalue weighted by atomic mass is 16.3. The Kier molecular flexibility index (Phi) is 3.09. The van der Waals surface area contributed by atoms with Crippen molar-refractivity contribution in [2.45, 2.75) is 0 Å². The Balaban J connectivity index is 1.93. The molecular weight excluding hydrogens is 250 g/mol. The van der Waals surface area contributed by atoms with Crippen LogP contribution in [0.25, 0.3) is 17.0 Å². The molecule has 2 aromatic carbocycles. The SMILES string of the molecule is Nc1c(C(=O)C=Cc2ccccc2)oc2ccccc12. The summed E-state index contributed by atoms with van der Waals surface area (Å²) in [5.74, 6) is -0.0408. The predicted octanol–water partition coefficient (Wildman–Crippen LogP) is 3.91. The lowest BCUT2D eigenvalue weighted by atomic mass is 10.1. The first-order valence-corrected chi connectivity index (χ1v) is 6.30. The Bertz CT molecular complexity index is 785. The van der Waals surface area contributed by atoms with Crippen molar-refractivity contribution in [2.24, 2.45) is 0 Å². The van der Waals surface area contributed by atoms with Gasteiger partial charge in [-0.15, -0.1) is 0 Å². The zero-order valence-electron chi connectivity index (χ0n) is 10.7. The van der Waals surface area contributed by atoms with Gasteiger partial charge in [0.1, 0.15) is 5.58 Å². The molecule has 0 bridgehead atoms. The van der Waals surface area contributed by atoms with Crippen molar-refractivity contribution >= 4 is 28.5 Å². The molecule has 3 rings (SSSR count). The van der Waals surface area contributed by atoms with E-state index >= 15 is 0 Å². The van der Waals surface area contributed by atoms with Gasteiger partial charge in [0.2, 0.25) is 5.78 Å². The highest BCUT2D eigenvalue weighted by Crippen LogP contribution is 2.28. The maximum atomic E-state index is 12.1. The molecule has 0 spiro atoms. The smallest absolute Gasteiger partial charge is 0.223 e. The summed E-state index contributed by atoms with van der Waals surface area (Å²) in [6, 6.07) is 16.9. The van der Waals surface area contributed by atoms with Crippen LogP contribution >= 0.6 is 0 Å². The first-order valence-electron chi connectivity index (χ1n) is 6.30. The Morgan fingerprint density at radius 1 is 1.00 bits per heavy atom. The molecule has 3 nitrogen and oxygen atoms in total. The van der Waals surface area contributed by atoms with Crippen molar-refractivity contribution < 1.29 is 9.21 Å². The molecule has 0 radical (unpaired) electrons. The van der Waals surface area contributed by atoms with Crippen LogP contribution in [0.3, 0.4) is 0 Å². The van der Waals surface area contributed by atoms with Gasteiger partial charge in [0.15, 0.2) is 5.76 Å². The molecule has 0 atom stereocenters. The van der Waals surface area contributed by atoms with Gasteiger partial charge < -0.3 is 10.2 Å². The molecule has 0 aliphatic heterocycles. The van der Waals surface area contributed by atoms with Crippen molar-refractivity contribution in [3.63, 3.8) is 0 Å². The van der Waals surface area contributed by atoms with E-state index in [1.807, 2.05) is 48.5 Å². The van der Waals surface area contributed by atoms with E-state index in [2.05, 4.69) is 0 Å². The fourth-order valence-electron chi connectivity index (χ4n) is 2.06. The molecule has 1 heterocycles. The van der Waals surface area contributed by atoms with Gasteiger partial charge in [-0.1, -0.05) is 48.5 Å². The van der Waals surface area contributed by atoms with E-state index in [-0.39, 0.29) is 11.5 Å². The standard InChI is InChI=1S/C17H13NO2/c18-16-13-8-4-5-9-15(13)20-17(16)14(19)11-10-12-6-2-1-3-7-12/h1-11H,18H2. The van der Waals surface area contributed by atoms with Gasteiger partial charge in [0.05, 0.1) is 5.69 Å². The third-order valence-electron chi connectivity index (χ3n) is 3.08. The van der Waals surface area contributed by atoms with Crippen LogP contribution in [0.4, 0.5) is 5.69 Å². The number of carbonyl (C=O) groups is 1. The first-order chi connectivity index (χ1) is 9.75. The molecule has 20 heavy (non-hydrogen) atoms. The number of nitrogens with two attached hydrogens (primary N) is 1. The number of para-hydroxylation sites is 1. The Morgan fingerprint density at radius 3 is 2.45 bits per heavy atom. The second-order valence-electron chi connectivity index (χ2n) is 4.45. The van der Waals surface area contributed by atoms with E-state index in [1.165, 1.54) is 6.08 Å². The maximum Gasteiger partial charge on any atom is 0.223 e. The second kappa shape index (κ2) is 5.05. The summed E-state index contributed by atoms with van der Waals surface area (Å²) in [6.07, 6.45) is 3.22. The summed E-state index contributed by atoms with van der Waals surface area (Å²) in [7, 11) is 0. The molecule has 0 fully saturated rings. The van der Waals surface area contributed by atoms with Crippen LogP contribution in [0.1, 0.15) is 16.1 Å². The molecule has 98 valence electrons. The van der Waals surface area contributed by atoms with Crippen LogP contribution in [0.2, 0.25) is 0 Å². The normalized spacial score (nSPS) is 11.2. The number of hydrogen-bond acceptors (Lipinski definition) is 3. The van der Waals surface area contributed by atoms with E-state index in [9.17, 15) is 4.79 Å². The average molecular weight is 263 g/mol. The summed E-state index contributed by atoms with van der Waals surface area (Å²) in [4.78, 5) is 12.1. The van der Waals surface area contributed by atoms with E-state index in [0.29, 0.717) is 11.3 Å². The van der Waals surface area contributed by atoms with Crippen LogP contribution in [-0.2, 0) is 0 Å². The highest BCUT2D eigenvalue weighted by molar-refractivity contribution is 6.12. The largest absolute Gasteiger partial charge is 0.450 e. The fraction of sp³-hybridized carbons (Fsp3) is 0. The number of hydrogen-bond donors (Lipinski definition) is 1. The Morgan fingerprint density at radius 2 is 1.70 bits per heavy atom. The van der Waals surface area contributed by atoms with Gasteiger partial charge >= 0.3 is 0 Å². The topological polar surface area (TPSA) is 56.2 Å². The molecule has 0 unspecified atom stereocenters. The third-order valence-corrected chi connectivity index (χ3v) is 3.08. The minimum atomic E-state index is -0.234. The van der Waals surface area contributed by atoms with Gasteiger partial charge in [0, 0.05) is 5.39 Å². The average Bonchev–Trinajstić information content (AvgIpc) is 2.84. The van der Waals surface area contributed by atoms with E-state index < -0.39 is 0 Å². The first kappa shape index (κ1) is 12.2. The molecule has 0 aliphatic carbocycles. The number of nitrogen functional groups attached to an aromatic ring is 1. The quantitative estimate of drug-likeness (QED) is 0.575. The number of carbonyl (C=O) groups excluding carboxylic acids is 1. The maximum absolute atomic E-state index is 12.1. The number of benzene rings is 2. The number of rotatable bonds is 3. The Labute approximate surface area is 116 Å². The number of fused-ring (bicyclic) bond motifs is 1. The second-order valence-corrected chi connectivity index (χ2v) is 4.45. The number of allylic oxidation sites excluding steroid dienone is 1. The number of anilines is 1. The van der Waals surface area contributed by atoms with Crippen molar-refractivity contribution in [1.29, 1.82) is 0 Å². The van der Waals surface area contributed by atoms with Gasteiger partial charge in [-0.3, -0.25) is 4.79 Å². The number of ketones is 1. The van der Waals surface area contributed by atoms with Crippen molar-refractivity contribution in [1.82, 2.24) is 0 Å². The molecule has 3 heteroatoms. The lowest BCUT2D eigenvalue weighted by Gasteiger charge is -1.93. The molecule has 1 aromatic heterocycles. The minimum Gasteiger partial charge on any atom is -0.450 e. The van der Waals surface area contributed by atoms with Crippen molar-refractivity contribution in [2.75, 3.05) is 5.73 Å². The van der Waals surface area contributed by atoms with Gasteiger partial charge in [-0.25, -0.2) is 0 Å². The molecule has 2 N–H and O–H groups in total. The molecule has 0 amide bonds. The van der Waals surface area contributed by atoms with Crippen LogP contribution in [-0.4, -0.2) is 5.78 Å². The fourth-order valence-corrected chi connectivity index (χ4v) is 2.06. The van der Waals surface area contributed by atoms with E-state index in [0.717, 1.165) is 10.9 Å². The summed E-state index contributed by atoms with van der Waals surface area (Å²) >= 11 is 0. The minimum absolute atomic E-state index is 0.193. The molecule has 0 aliphatic rings. The summed E-state index contributed by atoms with van der Waals surface area (Å²) in [5, 5.41) is 0.768. The van der Waals surface area contributed by atoms with E-state index in [1.54, 1.807) is 12.1 Å². The Hall–Kier alpha value is -2.81. The van der Waals surface area contributed by atoms with Gasteiger partial charge in [0.25, 0.3) is 0 Å². The third kappa shape index (κ3) is 2.21. The summed E-state index contributed by atoms with van der Waals surface area (Å²) in [6.45, 7) is 0. The molecule has 0 saturated carbocycles. The lowest BCUT2D eigenvalue weighted by molar-refractivity contribution is 0.102.